The molecule has 0 aromatic carbocycles. The Hall–Kier alpha value is -1.81. The van der Waals surface area contributed by atoms with Crippen molar-refractivity contribution >= 4 is 37.3 Å². The van der Waals surface area contributed by atoms with Crippen LogP contribution in [0.25, 0.3) is 0 Å². The van der Waals surface area contributed by atoms with E-state index in [0.29, 0.717) is 0 Å². The predicted molar refractivity (Wildman–Crippen MR) is 122 cm³/mol. The summed E-state index contributed by atoms with van der Waals surface area (Å²) >= 11 is 1.18. The number of thioether (sulfide) groups is 1. The first-order valence-electron chi connectivity index (χ1n) is 10.8. The van der Waals surface area contributed by atoms with Gasteiger partial charge in [0, 0.05) is 0 Å². The van der Waals surface area contributed by atoms with Crippen LogP contribution in [0.3, 0.4) is 0 Å². The van der Waals surface area contributed by atoms with E-state index in [-0.39, 0.29) is 68.0 Å². The summed E-state index contributed by atoms with van der Waals surface area (Å²) in [5.41, 5.74) is -1.02. The van der Waals surface area contributed by atoms with Crippen LogP contribution >= 0.6 is 19.4 Å². The number of carbonyl (C=O) groups is 3. The molecule has 1 aromatic rings. The Balaban J connectivity index is 3.36. The summed E-state index contributed by atoms with van der Waals surface area (Å²) in [6, 6.07) is 1.38. The fourth-order valence-corrected chi connectivity index (χ4v) is 5.57. The Morgan fingerprint density at radius 2 is 1.48 bits per heavy atom. The van der Waals surface area contributed by atoms with Crippen molar-refractivity contribution in [3.8, 4) is 0 Å². The van der Waals surface area contributed by atoms with E-state index in [1.807, 2.05) is 0 Å². The highest BCUT2D eigenvalue weighted by Crippen LogP contribution is 2.62. The summed E-state index contributed by atoms with van der Waals surface area (Å²) in [5, 5.41) is 0. The van der Waals surface area contributed by atoms with Crippen LogP contribution in [-0.2, 0) is 43.2 Å². The molecule has 33 heavy (non-hydrogen) atoms. The molecule has 188 valence electrons. The lowest BCUT2D eigenvalue weighted by atomic mass is 10.2. The average molecular weight is 509 g/mol. The molecule has 0 amide bonds. The minimum atomic E-state index is -3.86. The molecule has 1 heterocycles. The number of ether oxygens (including phenoxy) is 3. The minimum absolute atomic E-state index is 0.0504. The molecule has 1 aromatic heterocycles. The van der Waals surface area contributed by atoms with Gasteiger partial charge in [-0.3, -0.25) is 14.2 Å². The highest BCUT2D eigenvalue weighted by molar-refractivity contribution is 7.99. The van der Waals surface area contributed by atoms with Crippen LogP contribution in [0.1, 0.15) is 68.6 Å². The van der Waals surface area contributed by atoms with Crippen LogP contribution < -0.4 is 0 Å². The van der Waals surface area contributed by atoms with E-state index in [9.17, 15) is 18.9 Å². The van der Waals surface area contributed by atoms with Gasteiger partial charge in [0.05, 0.1) is 51.0 Å². The molecule has 0 radical (unpaired) electrons. The second-order valence-corrected chi connectivity index (χ2v) is 9.61. The van der Waals surface area contributed by atoms with Crippen molar-refractivity contribution in [2.75, 3.05) is 38.8 Å². The van der Waals surface area contributed by atoms with Gasteiger partial charge in [-0.15, -0.1) is 11.8 Å². The molecule has 12 heteroatoms. The van der Waals surface area contributed by atoms with Crippen LogP contribution in [0.5, 0.6) is 0 Å². The Labute approximate surface area is 198 Å². The topological polar surface area (TPSA) is 128 Å². The summed E-state index contributed by atoms with van der Waals surface area (Å²) in [5.74, 6) is -1.17. The second kappa shape index (κ2) is 15.2. The number of esters is 3. The highest BCUT2D eigenvalue weighted by atomic mass is 32.2. The normalized spacial score (nSPS) is 12.3. The molecule has 0 saturated carbocycles. The molecular weight excluding hydrogens is 475 g/mol. The lowest BCUT2D eigenvalue weighted by molar-refractivity contribution is -0.143. The number of carbonyl (C=O) groups excluding carboxylic acids is 3. The summed E-state index contributed by atoms with van der Waals surface area (Å²) < 4.78 is 45.4. The van der Waals surface area contributed by atoms with Gasteiger partial charge in [-0.2, -0.15) is 0 Å². The zero-order valence-corrected chi connectivity index (χ0v) is 21.5. The summed E-state index contributed by atoms with van der Waals surface area (Å²) in [7, 11) is -3.86. The van der Waals surface area contributed by atoms with Crippen molar-refractivity contribution in [1.29, 1.82) is 0 Å². The molecule has 0 aliphatic carbocycles. The Morgan fingerprint density at radius 1 is 0.909 bits per heavy atom. The third kappa shape index (κ3) is 9.16. The van der Waals surface area contributed by atoms with Crippen molar-refractivity contribution in [1.82, 2.24) is 0 Å². The maximum Gasteiger partial charge on any atom is 0.341 e. The van der Waals surface area contributed by atoms with Crippen LogP contribution in [-0.4, -0.2) is 56.7 Å². The molecular formula is C21H33O10PS. The van der Waals surface area contributed by atoms with E-state index in [1.165, 1.54) is 17.8 Å². The van der Waals surface area contributed by atoms with E-state index in [4.69, 9.17) is 27.7 Å². The second-order valence-electron chi connectivity index (χ2n) is 6.40. The van der Waals surface area contributed by atoms with Crippen molar-refractivity contribution in [3.63, 3.8) is 0 Å². The van der Waals surface area contributed by atoms with Crippen molar-refractivity contribution in [3.05, 3.63) is 23.2 Å². The third-order valence-corrected chi connectivity index (χ3v) is 7.42. The van der Waals surface area contributed by atoms with Gasteiger partial charge in [-0.1, -0.05) is 0 Å². The van der Waals surface area contributed by atoms with Crippen LogP contribution in [0.15, 0.2) is 10.5 Å². The number of furan rings is 1. The molecule has 0 saturated heterocycles. The lowest BCUT2D eigenvalue weighted by Crippen LogP contribution is -2.13. The standard InChI is InChI=1S/C21H33O10PS/c1-6-26-19(22)12-18(32(25,29-9-4)30-10-5)16-11-15(21(24)28-8-3)17(31-16)13-33-14-20(23)27-7-2/h11,18H,6-10,12-14H2,1-5H3. The van der Waals surface area contributed by atoms with Gasteiger partial charge in [0.25, 0.3) is 0 Å². The van der Waals surface area contributed by atoms with Gasteiger partial charge >= 0.3 is 25.5 Å². The van der Waals surface area contributed by atoms with Crippen molar-refractivity contribution in [2.24, 2.45) is 0 Å². The largest absolute Gasteiger partial charge is 0.466 e. The highest BCUT2D eigenvalue weighted by Gasteiger charge is 2.42. The minimum Gasteiger partial charge on any atom is -0.466 e. The first kappa shape index (κ1) is 29.2. The lowest BCUT2D eigenvalue weighted by Gasteiger charge is -2.24. The summed E-state index contributed by atoms with van der Waals surface area (Å²) in [6.45, 7) is 9.01. The van der Waals surface area contributed by atoms with Gasteiger partial charge in [0.15, 0.2) is 0 Å². The van der Waals surface area contributed by atoms with Crippen molar-refractivity contribution < 1.29 is 46.6 Å². The van der Waals surface area contributed by atoms with E-state index >= 15 is 0 Å². The van der Waals surface area contributed by atoms with Gasteiger partial charge in [-0.05, 0) is 40.7 Å². The van der Waals surface area contributed by atoms with E-state index in [2.05, 4.69) is 0 Å². The maximum absolute atomic E-state index is 13.6. The molecule has 1 atom stereocenters. The van der Waals surface area contributed by atoms with E-state index in [0.717, 1.165) is 0 Å². The number of hydrogen-bond acceptors (Lipinski definition) is 11. The van der Waals surface area contributed by atoms with Crippen molar-refractivity contribution in [2.45, 2.75) is 52.5 Å². The maximum atomic E-state index is 13.6. The van der Waals surface area contributed by atoms with Gasteiger partial charge in [-0.25, -0.2) is 4.79 Å². The smallest absolute Gasteiger partial charge is 0.341 e. The zero-order chi connectivity index (χ0) is 24.9. The summed E-state index contributed by atoms with van der Waals surface area (Å²) in [6.07, 6.45) is -0.337. The Morgan fingerprint density at radius 3 is 2.03 bits per heavy atom. The molecule has 1 unspecified atom stereocenters. The first-order chi connectivity index (χ1) is 15.8. The molecule has 0 fully saturated rings. The third-order valence-electron chi connectivity index (χ3n) is 4.08. The molecule has 0 N–H and O–H groups in total. The van der Waals surface area contributed by atoms with Crippen LogP contribution in [0, 0.1) is 0 Å². The Kier molecular flexibility index (Phi) is 13.4. The monoisotopic (exact) mass is 508 g/mol. The quantitative estimate of drug-likeness (QED) is 0.178. The number of rotatable bonds is 16. The zero-order valence-electron chi connectivity index (χ0n) is 19.7. The number of hydrogen-bond donors (Lipinski definition) is 0. The Bertz CT molecular complexity index is 812. The average Bonchev–Trinajstić information content (AvgIpc) is 3.16. The molecule has 10 nitrogen and oxygen atoms in total. The first-order valence-corrected chi connectivity index (χ1v) is 13.6. The fourth-order valence-electron chi connectivity index (χ4n) is 2.86. The van der Waals surface area contributed by atoms with E-state index in [1.54, 1.807) is 34.6 Å². The molecule has 0 aliphatic rings. The van der Waals surface area contributed by atoms with Gasteiger partial charge in [0.2, 0.25) is 0 Å². The van der Waals surface area contributed by atoms with Gasteiger partial charge < -0.3 is 27.7 Å². The molecule has 1 rings (SSSR count). The van der Waals surface area contributed by atoms with Crippen LogP contribution in [0.2, 0.25) is 0 Å². The summed E-state index contributed by atoms with van der Waals surface area (Å²) in [4.78, 5) is 36.4. The molecule has 0 aliphatic heterocycles. The fraction of sp³-hybridized carbons (Fsp3) is 0.667. The molecule has 0 bridgehead atoms. The molecule has 0 spiro atoms. The van der Waals surface area contributed by atoms with Crippen LogP contribution in [0.4, 0.5) is 0 Å². The van der Waals surface area contributed by atoms with E-state index < -0.39 is 31.2 Å². The van der Waals surface area contributed by atoms with Gasteiger partial charge in [0.1, 0.15) is 22.7 Å². The SMILES string of the molecule is CCOC(=O)CSCc1oc(C(CC(=O)OCC)P(=O)(OCC)OCC)cc1C(=O)OCC. The predicted octanol–water partition coefficient (Wildman–Crippen LogP) is 4.51.